The number of carbonyl (C=O) groups excluding carboxylic acids is 2. The van der Waals surface area contributed by atoms with Crippen molar-refractivity contribution < 1.29 is 28.6 Å². The number of amides is 1. The molecule has 8 nitrogen and oxygen atoms in total. The fraction of sp³-hybridized carbons (Fsp3) is 0.500. The normalized spacial score (nSPS) is 15.1. The minimum absolute atomic E-state index is 0.175. The molecule has 2 rings (SSSR count). The number of allylic oxidation sites excluding steroid dienone is 4. The molecule has 2 N–H and O–H groups in total. The smallest absolute Gasteiger partial charge is 0.410 e. The Morgan fingerprint density at radius 2 is 2.00 bits per heavy atom. The van der Waals surface area contributed by atoms with Crippen molar-refractivity contribution in [2.45, 2.75) is 58.8 Å². The van der Waals surface area contributed by atoms with Crippen LogP contribution in [-0.4, -0.2) is 37.3 Å². The Morgan fingerprint density at radius 3 is 2.68 bits per heavy atom. The number of aromatic hydroxyl groups is 1. The maximum Gasteiger partial charge on any atom is 0.410 e. The second kappa shape index (κ2) is 13.5. The number of alkyl carbamates (subject to hydrolysis) is 1. The van der Waals surface area contributed by atoms with Gasteiger partial charge >= 0.3 is 11.7 Å². The molecule has 1 heterocycles. The Bertz CT molecular complexity index is 1000. The van der Waals surface area contributed by atoms with Crippen LogP contribution in [0.4, 0.5) is 4.79 Å². The number of ether oxygens (including phenoxy) is 2. The molecule has 0 aliphatic heterocycles. The van der Waals surface area contributed by atoms with E-state index in [2.05, 4.69) is 17.0 Å². The molecule has 0 fully saturated rings. The molecule has 0 spiro atoms. The maximum atomic E-state index is 12.9. The van der Waals surface area contributed by atoms with Crippen LogP contribution in [0.1, 0.15) is 74.9 Å². The Morgan fingerprint density at radius 1 is 1.26 bits per heavy atom. The average Bonchev–Trinajstić information content (AvgIpc) is 3.25. The van der Waals surface area contributed by atoms with Crippen LogP contribution in [0, 0.1) is 5.92 Å². The zero-order valence-corrected chi connectivity index (χ0v) is 20.4. The number of carbonyl (C=O) groups is 2. The molecule has 0 bridgehead atoms. The topological polar surface area (TPSA) is 115 Å². The zero-order valence-electron chi connectivity index (χ0n) is 20.4. The van der Waals surface area contributed by atoms with Crippen molar-refractivity contribution in [2.24, 2.45) is 5.92 Å². The number of rotatable bonds is 13. The predicted octanol–water partition coefficient (Wildman–Crippen LogP) is 4.99. The fourth-order valence-corrected chi connectivity index (χ4v) is 3.69. The van der Waals surface area contributed by atoms with Crippen LogP contribution >= 0.6 is 0 Å². The summed E-state index contributed by atoms with van der Waals surface area (Å²) in [5.74, 6) is -1.13. The highest BCUT2D eigenvalue weighted by Gasteiger charge is 2.26. The molecule has 0 aromatic carbocycles. The van der Waals surface area contributed by atoms with Crippen LogP contribution in [-0.2, 0) is 9.47 Å². The van der Waals surface area contributed by atoms with E-state index in [0.717, 1.165) is 18.4 Å². The first-order chi connectivity index (χ1) is 16.3. The Balaban J connectivity index is 1.94. The molecule has 1 amide bonds. The van der Waals surface area contributed by atoms with Gasteiger partial charge in [-0.1, -0.05) is 44.6 Å². The molecular weight excluding hydrogens is 438 g/mol. The summed E-state index contributed by atoms with van der Waals surface area (Å²) in [5, 5.41) is 12.9. The lowest BCUT2D eigenvalue weighted by atomic mass is 9.91. The van der Waals surface area contributed by atoms with Gasteiger partial charge in [0.2, 0.25) is 0 Å². The molecule has 1 unspecified atom stereocenters. The highest BCUT2D eigenvalue weighted by Crippen LogP contribution is 2.29. The van der Waals surface area contributed by atoms with Crippen LogP contribution in [0.15, 0.2) is 50.9 Å². The van der Waals surface area contributed by atoms with E-state index in [0.29, 0.717) is 38.2 Å². The molecule has 1 aliphatic rings. The van der Waals surface area contributed by atoms with Gasteiger partial charge in [-0.2, -0.15) is 0 Å². The van der Waals surface area contributed by atoms with Crippen molar-refractivity contribution in [1.82, 2.24) is 5.32 Å². The molecule has 0 radical (unpaired) electrons. The number of hydrogen-bond donors (Lipinski definition) is 2. The largest absolute Gasteiger partial charge is 0.507 e. The summed E-state index contributed by atoms with van der Waals surface area (Å²) in [5.41, 5.74) is 1.14. The molecule has 186 valence electrons. The van der Waals surface area contributed by atoms with Crippen molar-refractivity contribution in [1.29, 1.82) is 0 Å². The third kappa shape index (κ3) is 8.02. The number of hydrogen-bond acceptors (Lipinski definition) is 7. The van der Waals surface area contributed by atoms with Gasteiger partial charge in [-0.05, 0) is 37.7 Å². The van der Waals surface area contributed by atoms with Crippen molar-refractivity contribution in [2.75, 3.05) is 20.3 Å². The van der Waals surface area contributed by atoms with E-state index in [-0.39, 0.29) is 17.2 Å². The van der Waals surface area contributed by atoms with E-state index in [9.17, 15) is 19.5 Å². The SMILES string of the molecule is CCCOCC1=CC=C(C[C@H](C)C(=O)c2c(O)cc(C(C)CC/C=C/NC(=O)OC)oc2=O)C1. The second-order valence-electron chi connectivity index (χ2n) is 8.56. The molecule has 0 saturated carbocycles. The van der Waals surface area contributed by atoms with Gasteiger partial charge in [-0.15, -0.1) is 0 Å². The maximum absolute atomic E-state index is 12.9. The Labute approximate surface area is 200 Å². The van der Waals surface area contributed by atoms with E-state index >= 15 is 0 Å². The summed E-state index contributed by atoms with van der Waals surface area (Å²) >= 11 is 0. The van der Waals surface area contributed by atoms with Gasteiger partial charge in [0, 0.05) is 30.7 Å². The molecular formula is C26H35NO7. The van der Waals surface area contributed by atoms with E-state index in [1.807, 2.05) is 19.1 Å². The zero-order chi connectivity index (χ0) is 25.1. The van der Waals surface area contributed by atoms with Gasteiger partial charge < -0.3 is 19.0 Å². The predicted molar refractivity (Wildman–Crippen MR) is 129 cm³/mol. The molecule has 1 aromatic heterocycles. The Kier molecular flexibility index (Phi) is 10.8. The monoisotopic (exact) mass is 473 g/mol. The fourth-order valence-electron chi connectivity index (χ4n) is 3.69. The van der Waals surface area contributed by atoms with Gasteiger partial charge in [0.05, 0.1) is 13.7 Å². The van der Waals surface area contributed by atoms with Crippen LogP contribution in [0.3, 0.4) is 0 Å². The van der Waals surface area contributed by atoms with E-state index in [4.69, 9.17) is 9.15 Å². The first-order valence-electron chi connectivity index (χ1n) is 11.6. The third-order valence-electron chi connectivity index (χ3n) is 5.61. The number of ketones is 1. The highest BCUT2D eigenvalue weighted by molar-refractivity contribution is 5.99. The quantitative estimate of drug-likeness (QED) is 0.306. The van der Waals surface area contributed by atoms with Crippen LogP contribution in [0.5, 0.6) is 5.75 Å². The number of Topliss-reactive ketones (excluding diaryl/α,β-unsaturated/α-hetero) is 1. The lowest BCUT2D eigenvalue weighted by Crippen LogP contribution is -2.21. The highest BCUT2D eigenvalue weighted by atomic mass is 16.5. The first kappa shape index (κ1) is 27.1. The summed E-state index contributed by atoms with van der Waals surface area (Å²) in [6.07, 6.45) is 10.1. The Hall–Kier alpha value is -3.13. The molecule has 1 aliphatic carbocycles. The van der Waals surface area contributed by atoms with Gasteiger partial charge in [0.15, 0.2) is 5.78 Å². The van der Waals surface area contributed by atoms with Gasteiger partial charge in [-0.3, -0.25) is 10.1 Å². The van der Waals surface area contributed by atoms with Crippen LogP contribution < -0.4 is 10.9 Å². The summed E-state index contributed by atoms with van der Waals surface area (Å²) in [4.78, 5) is 36.5. The summed E-state index contributed by atoms with van der Waals surface area (Å²) in [6, 6.07) is 1.35. The third-order valence-corrected chi connectivity index (χ3v) is 5.61. The summed E-state index contributed by atoms with van der Waals surface area (Å²) in [7, 11) is 1.28. The number of methoxy groups -OCH3 is 1. The van der Waals surface area contributed by atoms with Gasteiger partial charge in [-0.25, -0.2) is 9.59 Å². The van der Waals surface area contributed by atoms with E-state index < -0.39 is 23.4 Å². The lowest BCUT2D eigenvalue weighted by Gasteiger charge is -2.14. The van der Waals surface area contributed by atoms with Crippen LogP contribution in [0.2, 0.25) is 0 Å². The molecule has 8 heteroatoms. The summed E-state index contributed by atoms with van der Waals surface area (Å²) < 4.78 is 15.4. The molecule has 2 atom stereocenters. The van der Waals surface area contributed by atoms with Crippen LogP contribution in [0.25, 0.3) is 0 Å². The minimum Gasteiger partial charge on any atom is -0.507 e. The number of nitrogens with one attached hydrogen (secondary N) is 1. The standard InChI is InChI=1S/C26H35NO7/c1-5-12-33-16-20-10-9-19(14-20)13-18(3)24(29)23-21(28)15-22(34-25(23)30)17(2)8-6-7-11-27-26(31)32-4/h7,9-11,15,17-18,28H,5-6,8,12-14,16H2,1-4H3,(H,27,31)/b11-7+/t17?,18-/m0/s1. The lowest BCUT2D eigenvalue weighted by molar-refractivity contribution is 0.0921. The minimum atomic E-state index is -0.825. The van der Waals surface area contributed by atoms with Crippen molar-refractivity contribution in [3.8, 4) is 5.75 Å². The summed E-state index contributed by atoms with van der Waals surface area (Å²) in [6.45, 7) is 6.96. The molecule has 0 saturated heterocycles. The first-order valence-corrected chi connectivity index (χ1v) is 11.6. The van der Waals surface area contributed by atoms with E-state index in [1.165, 1.54) is 24.9 Å². The molecule has 1 aromatic rings. The van der Waals surface area contributed by atoms with E-state index in [1.54, 1.807) is 13.0 Å². The van der Waals surface area contributed by atoms with Gasteiger partial charge in [0.1, 0.15) is 17.1 Å². The van der Waals surface area contributed by atoms with Crippen molar-refractivity contribution in [3.63, 3.8) is 0 Å². The molecule has 34 heavy (non-hydrogen) atoms. The van der Waals surface area contributed by atoms with Crippen molar-refractivity contribution >= 4 is 11.9 Å². The van der Waals surface area contributed by atoms with Crippen molar-refractivity contribution in [3.05, 3.63) is 63.4 Å². The average molecular weight is 474 g/mol. The van der Waals surface area contributed by atoms with Gasteiger partial charge in [0.25, 0.3) is 0 Å². The second-order valence-corrected chi connectivity index (χ2v) is 8.56.